The largest absolute Gasteiger partial charge is 0.452 e. The third kappa shape index (κ3) is 3.73. The molecule has 0 saturated heterocycles. The zero-order valence-corrected chi connectivity index (χ0v) is 15.9. The Morgan fingerprint density at radius 1 is 1.11 bits per heavy atom. The Balaban J connectivity index is 1.50. The van der Waals surface area contributed by atoms with Crippen LogP contribution in [0, 0.1) is 0 Å². The fourth-order valence-electron chi connectivity index (χ4n) is 3.18. The van der Waals surface area contributed by atoms with Crippen LogP contribution in [0.4, 0.5) is 5.69 Å². The molecule has 0 radical (unpaired) electrons. The molecule has 1 heterocycles. The summed E-state index contributed by atoms with van der Waals surface area (Å²) in [7, 11) is -3.80. The van der Waals surface area contributed by atoms with Gasteiger partial charge in [-0.1, -0.05) is 24.3 Å². The molecule has 4 rings (SSSR count). The smallest absolute Gasteiger partial charge is 0.338 e. The quantitative estimate of drug-likeness (QED) is 0.748. The summed E-state index contributed by atoms with van der Waals surface area (Å²) in [4.78, 5) is 23.9. The lowest BCUT2D eigenvalue weighted by Crippen LogP contribution is -2.30. The van der Waals surface area contributed by atoms with Crippen molar-refractivity contribution in [2.75, 3.05) is 17.5 Å². The van der Waals surface area contributed by atoms with Gasteiger partial charge < -0.3 is 10.1 Å². The van der Waals surface area contributed by atoms with Gasteiger partial charge in [-0.25, -0.2) is 13.2 Å². The van der Waals surface area contributed by atoms with Gasteiger partial charge in [0.1, 0.15) is 0 Å². The van der Waals surface area contributed by atoms with E-state index in [9.17, 15) is 18.0 Å². The van der Waals surface area contributed by atoms with Crippen LogP contribution in [0.3, 0.4) is 0 Å². The van der Waals surface area contributed by atoms with Crippen molar-refractivity contribution in [3.05, 3.63) is 59.7 Å². The molecule has 8 heteroatoms. The zero-order valence-electron chi connectivity index (χ0n) is 15.1. The number of anilines is 1. The molecule has 7 nitrogen and oxygen atoms in total. The van der Waals surface area contributed by atoms with Crippen LogP contribution in [0.25, 0.3) is 0 Å². The summed E-state index contributed by atoms with van der Waals surface area (Å²) in [5, 5.41) is 2.72. The van der Waals surface area contributed by atoms with Crippen molar-refractivity contribution in [1.29, 1.82) is 0 Å². The number of carbonyl (C=O) groups is 2. The number of nitrogens with zero attached hydrogens (tertiary/aromatic N) is 1. The highest BCUT2D eigenvalue weighted by atomic mass is 32.2. The second-order valence-electron chi connectivity index (χ2n) is 6.90. The number of fused-ring (bicyclic) bond motifs is 1. The van der Waals surface area contributed by atoms with Gasteiger partial charge in [0.15, 0.2) is 6.61 Å². The fourth-order valence-corrected chi connectivity index (χ4v) is 4.73. The number of carbonyl (C=O) groups excluding carboxylic acids is 2. The van der Waals surface area contributed by atoms with E-state index in [1.807, 2.05) is 12.1 Å². The van der Waals surface area contributed by atoms with Gasteiger partial charge in [-0.05, 0) is 49.1 Å². The number of ether oxygens (including phenoxy) is 1. The molecule has 2 aliphatic rings. The van der Waals surface area contributed by atoms with E-state index in [0.717, 1.165) is 18.4 Å². The normalized spacial score (nSPS) is 15.8. The molecule has 0 bridgehead atoms. The lowest BCUT2D eigenvalue weighted by Gasteiger charge is -2.19. The van der Waals surface area contributed by atoms with Crippen LogP contribution in [0.1, 0.15) is 28.8 Å². The van der Waals surface area contributed by atoms with Crippen molar-refractivity contribution in [3.63, 3.8) is 0 Å². The van der Waals surface area contributed by atoms with Crippen LogP contribution >= 0.6 is 0 Å². The SMILES string of the molecule is O=C(COC(=O)c1cccc(S(=O)(=O)N2CCc3ccccc32)c1)NC1CC1. The van der Waals surface area contributed by atoms with Gasteiger partial charge in [0.05, 0.1) is 16.1 Å². The van der Waals surface area contributed by atoms with E-state index in [4.69, 9.17) is 4.74 Å². The lowest BCUT2D eigenvalue weighted by atomic mass is 10.2. The molecule has 1 amide bonds. The summed E-state index contributed by atoms with van der Waals surface area (Å²) in [6.45, 7) is -0.0243. The van der Waals surface area contributed by atoms with Crippen molar-refractivity contribution < 1.29 is 22.7 Å². The Hall–Kier alpha value is -2.87. The van der Waals surface area contributed by atoms with Crippen LogP contribution < -0.4 is 9.62 Å². The van der Waals surface area contributed by atoms with Crippen LogP contribution in [0.15, 0.2) is 53.4 Å². The second kappa shape index (κ2) is 7.27. The van der Waals surface area contributed by atoms with Crippen LogP contribution in [-0.4, -0.2) is 39.5 Å². The average molecular weight is 400 g/mol. The van der Waals surface area contributed by atoms with E-state index in [2.05, 4.69) is 5.32 Å². The molecular weight excluding hydrogens is 380 g/mol. The number of benzene rings is 2. The molecule has 28 heavy (non-hydrogen) atoms. The highest BCUT2D eigenvalue weighted by Crippen LogP contribution is 2.32. The number of sulfonamides is 1. The van der Waals surface area contributed by atoms with E-state index >= 15 is 0 Å². The molecule has 146 valence electrons. The van der Waals surface area contributed by atoms with Gasteiger partial charge in [-0.2, -0.15) is 0 Å². The van der Waals surface area contributed by atoms with E-state index in [1.54, 1.807) is 12.1 Å². The van der Waals surface area contributed by atoms with E-state index in [0.29, 0.717) is 18.7 Å². The maximum atomic E-state index is 13.1. The van der Waals surface area contributed by atoms with Gasteiger partial charge in [0, 0.05) is 12.6 Å². The van der Waals surface area contributed by atoms with Gasteiger partial charge in [0.2, 0.25) is 0 Å². The number of hydrogen-bond donors (Lipinski definition) is 1. The monoisotopic (exact) mass is 400 g/mol. The van der Waals surface area contributed by atoms with Crippen LogP contribution in [0.2, 0.25) is 0 Å². The molecule has 2 aromatic rings. The van der Waals surface area contributed by atoms with E-state index in [-0.39, 0.29) is 29.0 Å². The molecule has 2 aromatic carbocycles. The van der Waals surface area contributed by atoms with Gasteiger partial charge in [-0.15, -0.1) is 0 Å². The fraction of sp³-hybridized carbons (Fsp3) is 0.300. The first-order valence-electron chi connectivity index (χ1n) is 9.12. The van der Waals surface area contributed by atoms with Gasteiger partial charge >= 0.3 is 5.97 Å². The first-order chi connectivity index (χ1) is 13.4. The minimum atomic E-state index is -3.80. The van der Waals surface area contributed by atoms with Gasteiger partial charge in [-0.3, -0.25) is 9.10 Å². The number of para-hydroxylation sites is 1. The van der Waals surface area contributed by atoms with Crippen molar-refractivity contribution in [1.82, 2.24) is 5.32 Å². The Bertz CT molecular complexity index is 1030. The standard InChI is InChI=1S/C20H20N2O5S/c23-19(21-16-8-9-16)13-27-20(24)15-5-3-6-17(12-15)28(25,26)22-11-10-14-4-1-2-7-18(14)22/h1-7,12,16H,8-11,13H2,(H,21,23). The molecule has 1 aliphatic carbocycles. The van der Waals surface area contributed by atoms with Crippen molar-refractivity contribution in [2.45, 2.75) is 30.2 Å². The first kappa shape index (κ1) is 18.5. The maximum absolute atomic E-state index is 13.1. The summed E-state index contributed by atoms with van der Waals surface area (Å²) in [6.07, 6.45) is 2.53. The van der Waals surface area contributed by atoms with E-state index < -0.39 is 16.0 Å². The predicted molar refractivity (Wildman–Crippen MR) is 103 cm³/mol. The first-order valence-corrected chi connectivity index (χ1v) is 10.6. The van der Waals surface area contributed by atoms with Gasteiger partial charge in [0.25, 0.3) is 15.9 Å². The Morgan fingerprint density at radius 2 is 1.89 bits per heavy atom. The number of amides is 1. The topological polar surface area (TPSA) is 92.8 Å². The molecule has 1 saturated carbocycles. The molecule has 0 spiro atoms. The maximum Gasteiger partial charge on any atom is 0.338 e. The van der Waals surface area contributed by atoms with Crippen molar-refractivity contribution in [2.24, 2.45) is 0 Å². The Kier molecular flexibility index (Phi) is 4.80. The van der Waals surface area contributed by atoms with Crippen LogP contribution in [-0.2, 0) is 26.0 Å². The highest BCUT2D eigenvalue weighted by molar-refractivity contribution is 7.92. The van der Waals surface area contributed by atoms with Crippen molar-refractivity contribution >= 4 is 27.6 Å². The van der Waals surface area contributed by atoms with Crippen molar-refractivity contribution in [3.8, 4) is 0 Å². The predicted octanol–water partition coefficient (Wildman–Crippen LogP) is 1.87. The third-order valence-electron chi connectivity index (χ3n) is 4.78. The molecule has 1 fully saturated rings. The summed E-state index contributed by atoms with van der Waals surface area (Å²) in [6, 6.07) is 13.3. The second-order valence-corrected chi connectivity index (χ2v) is 8.76. The van der Waals surface area contributed by atoms with E-state index in [1.165, 1.54) is 28.6 Å². The average Bonchev–Trinajstić information content (AvgIpc) is 3.40. The number of rotatable bonds is 6. The number of nitrogens with one attached hydrogen (secondary N) is 1. The molecule has 1 N–H and O–H groups in total. The summed E-state index contributed by atoms with van der Waals surface area (Å²) in [5.41, 5.74) is 1.73. The minimum absolute atomic E-state index is 0.0149. The molecular formula is C20H20N2O5S. The minimum Gasteiger partial charge on any atom is -0.452 e. The molecule has 1 aliphatic heterocycles. The number of esters is 1. The lowest BCUT2D eigenvalue weighted by molar-refractivity contribution is -0.124. The Morgan fingerprint density at radius 3 is 2.68 bits per heavy atom. The highest BCUT2D eigenvalue weighted by Gasteiger charge is 2.31. The number of hydrogen-bond acceptors (Lipinski definition) is 5. The zero-order chi connectivity index (χ0) is 19.7. The summed E-state index contributed by atoms with van der Waals surface area (Å²) < 4.78 is 32.5. The molecule has 0 atom stereocenters. The molecule has 0 aromatic heterocycles. The molecule has 0 unspecified atom stereocenters. The third-order valence-corrected chi connectivity index (χ3v) is 6.59. The Labute approximate surface area is 163 Å². The summed E-state index contributed by atoms with van der Waals surface area (Å²) in [5.74, 6) is -1.09. The summed E-state index contributed by atoms with van der Waals surface area (Å²) >= 11 is 0. The van der Waals surface area contributed by atoms with Crippen LogP contribution in [0.5, 0.6) is 0 Å².